The molecule has 3 heteroatoms. The van der Waals surface area contributed by atoms with Gasteiger partial charge in [-0.25, -0.2) is 9.97 Å². The molecule has 0 saturated carbocycles. The minimum Gasteiger partial charge on any atom is -0.390 e. The summed E-state index contributed by atoms with van der Waals surface area (Å²) in [5, 5.41) is 8.86. The molecule has 0 bridgehead atoms. The van der Waals surface area contributed by atoms with E-state index >= 15 is 0 Å². The van der Waals surface area contributed by atoms with E-state index in [9.17, 15) is 0 Å². The third-order valence-electron chi connectivity index (χ3n) is 1.59. The summed E-state index contributed by atoms with van der Waals surface area (Å²) in [4.78, 5) is 8.43. The molecular weight excluding hydrogens is 152 g/mol. The summed E-state index contributed by atoms with van der Waals surface area (Å²) in [5.74, 6) is 0.835. The highest BCUT2D eigenvalue weighted by molar-refractivity contribution is 5.09. The molecule has 1 N–H and O–H groups in total. The molecule has 1 rings (SSSR count). The largest absolute Gasteiger partial charge is 0.390 e. The van der Waals surface area contributed by atoms with Gasteiger partial charge in [-0.2, -0.15) is 0 Å². The van der Waals surface area contributed by atoms with E-state index in [2.05, 4.69) is 16.9 Å². The fourth-order valence-electron chi connectivity index (χ4n) is 1.12. The van der Waals surface area contributed by atoms with Gasteiger partial charge in [-0.3, -0.25) is 0 Å². The summed E-state index contributed by atoms with van der Waals surface area (Å²) in [7, 11) is 0. The quantitative estimate of drug-likeness (QED) is 0.734. The van der Waals surface area contributed by atoms with Gasteiger partial charge in [-0.05, 0) is 19.4 Å². The predicted octanol–water partition coefficient (Wildman–Crippen LogP) is 1.23. The van der Waals surface area contributed by atoms with E-state index in [1.807, 2.05) is 6.92 Å². The summed E-state index contributed by atoms with van der Waals surface area (Å²) in [6.07, 6.45) is 1.92. The van der Waals surface area contributed by atoms with Crippen LogP contribution in [0.15, 0.2) is 6.07 Å². The van der Waals surface area contributed by atoms with Crippen molar-refractivity contribution in [3.05, 3.63) is 23.3 Å². The lowest BCUT2D eigenvalue weighted by Crippen LogP contribution is -2.00. The van der Waals surface area contributed by atoms with Crippen LogP contribution in [0.5, 0.6) is 0 Å². The molecule has 1 aromatic rings. The second-order valence-corrected chi connectivity index (χ2v) is 2.83. The first-order chi connectivity index (χ1) is 5.76. The number of aliphatic hydroxyl groups excluding tert-OH is 1. The Balaban J connectivity index is 2.90. The lowest BCUT2D eigenvalue weighted by atomic mass is 10.3. The van der Waals surface area contributed by atoms with Gasteiger partial charge in [0.25, 0.3) is 0 Å². The Morgan fingerprint density at radius 1 is 1.42 bits per heavy atom. The average Bonchev–Trinajstić information content (AvgIpc) is 2.04. The number of hydrogen-bond acceptors (Lipinski definition) is 3. The van der Waals surface area contributed by atoms with Gasteiger partial charge in [-0.15, -0.1) is 0 Å². The zero-order valence-electron chi connectivity index (χ0n) is 7.54. The van der Waals surface area contributed by atoms with Crippen LogP contribution in [-0.4, -0.2) is 15.1 Å². The monoisotopic (exact) mass is 166 g/mol. The molecule has 0 amide bonds. The van der Waals surface area contributed by atoms with Crippen LogP contribution in [0.4, 0.5) is 0 Å². The van der Waals surface area contributed by atoms with E-state index in [4.69, 9.17) is 5.11 Å². The van der Waals surface area contributed by atoms with Crippen molar-refractivity contribution in [2.45, 2.75) is 33.3 Å². The van der Waals surface area contributed by atoms with Crippen LogP contribution >= 0.6 is 0 Å². The van der Waals surface area contributed by atoms with Crippen molar-refractivity contribution < 1.29 is 5.11 Å². The minimum absolute atomic E-state index is 0.0000737. The lowest BCUT2D eigenvalue weighted by Gasteiger charge is -2.01. The van der Waals surface area contributed by atoms with Crippen molar-refractivity contribution in [1.82, 2.24) is 9.97 Å². The smallest absolute Gasteiger partial charge is 0.128 e. The molecular formula is C9H14N2O. The van der Waals surface area contributed by atoms with Crippen molar-refractivity contribution >= 4 is 0 Å². The molecule has 0 aliphatic rings. The Hall–Kier alpha value is -0.960. The van der Waals surface area contributed by atoms with Gasteiger partial charge >= 0.3 is 0 Å². The predicted molar refractivity (Wildman–Crippen MR) is 46.7 cm³/mol. The molecule has 0 fully saturated rings. The van der Waals surface area contributed by atoms with Crippen molar-refractivity contribution in [3.63, 3.8) is 0 Å². The van der Waals surface area contributed by atoms with Gasteiger partial charge in [-0.1, -0.05) is 6.92 Å². The van der Waals surface area contributed by atoms with Gasteiger partial charge in [0.2, 0.25) is 0 Å². The van der Waals surface area contributed by atoms with Crippen molar-refractivity contribution in [3.8, 4) is 0 Å². The number of rotatable bonds is 3. The molecule has 0 spiro atoms. The fraction of sp³-hybridized carbons (Fsp3) is 0.556. The Labute approximate surface area is 72.5 Å². The topological polar surface area (TPSA) is 46.0 Å². The molecule has 0 aliphatic carbocycles. The van der Waals surface area contributed by atoms with E-state index in [1.165, 1.54) is 0 Å². The highest BCUT2D eigenvalue weighted by atomic mass is 16.3. The summed E-state index contributed by atoms with van der Waals surface area (Å²) < 4.78 is 0. The first-order valence-corrected chi connectivity index (χ1v) is 4.20. The molecule has 0 saturated heterocycles. The van der Waals surface area contributed by atoms with E-state index in [1.54, 1.807) is 6.07 Å². The van der Waals surface area contributed by atoms with Crippen LogP contribution < -0.4 is 0 Å². The third kappa shape index (κ3) is 2.27. The maximum atomic E-state index is 8.86. The summed E-state index contributed by atoms with van der Waals surface area (Å²) >= 11 is 0. The molecule has 66 valence electrons. The molecule has 0 atom stereocenters. The highest BCUT2D eigenvalue weighted by Gasteiger charge is 1.99. The second-order valence-electron chi connectivity index (χ2n) is 2.83. The number of aromatic nitrogens is 2. The maximum absolute atomic E-state index is 8.86. The van der Waals surface area contributed by atoms with E-state index in [0.717, 1.165) is 24.4 Å². The Morgan fingerprint density at radius 2 is 2.17 bits per heavy atom. The highest BCUT2D eigenvalue weighted by Crippen LogP contribution is 2.02. The van der Waals surface area contributed by atoms with Gasteiger partial charge in [0, 0.05) is 12.1 Å². The van der Waals surface area contributed by atoms with Crippen LogP contribution in [-0.2, 0) is 13.0 Å². The molecule has 1 heterocycles. The van der Waals surface area contributed by atoms with Gasteiger partial charge in [0.15, 0.2) is 0 Å². The molecule has 12 heavy (non-hydrogen) atoms. The summed E-state index contributed by atoms with van der Waals surface area (Å²) in [5.41, 5.74) is 1.64. The van der Waals surface area contributed by atoms with Gasteiger partial charge in [0.1, 0.15) is 5.82 Å². The standard InChI is InChI=1S/C9H14N2O/c1-3-4-9-10-7(2)5-8(6-12)11-9/h5,12H,3-4,6H2,1-2H3. The van der Waals surface area contributed by atoms with Crippen LogP contribution in [0.1, 0.15) is 30.6 Å². The van der Waals surface area contributed by atoms with Crippen molar-refractivity contribution in [2.75, 3.05) is 0 Å². The normalized spacial score (nSPS) is 10.2. The van der Waals surface area contributed by atoms with E-state index < -0.39 is 0 Å². The van der Waals surface area contributed by atoms with Crippen LogP contribution in [0.2, 0.25) is 0 Å². The zero-order chi connectivity index (χ0) is 8.97. The SMILES string of the molecule is CCCc1nc(C)cc(CO)n1. The Morgan fingerprint density at radius 3 is 2.75 bits per heavy atom. The van der Waals surface area contributed by atoms with E-state index in [0.29, 0.717) is 5.69 Å². The zero-order valence-corrected chi connectivity index (χ0v) is 7.54. The maximum Gasteiger partial charge on any atom is 0.128 e. The summed E-state index contributed by atoms with van der Waals surface area (Å²) in [6.45, 7) is 4.00. The third-order valence-corrected chi connectivity index (χ3v) is 1.59. The molecule has 1 aromatic heterocycles. The molecule has 0 aromatic carbocycles. The number of nitrogens with zero attached hydrogens (tertiary/aromatic N) is 2. The van der Waals surface area contributed by atoms with Crippen molar-refractivity contribution in [1.29, 1.82) is 0 Å². The average molecular weight is 166 g/mol. The first kappa shape index (κ1) is 9.13. The molecule has 0 aliphatic heterocycles. The molecule has 0 unspecified atom stereocenters. The molecule has 0 radical (unpaired) electrons. The van der Waals surface area contributed by atoms with Crippen LogP contribution in [0.25, 0.3) is 0 Å². The van der Waals surface area contributed by atoms with Gasteiger partial charge < -0.3 is 5.11 Å². The lowest BCUT2D eigenvalue weighted by molar-refractivity contribution is 0.276. The fourth-order valence-corrected chi connectivity index (χ4v) is 1.12. The van der Waals surface area contributed by atoms with Crippen molar-refractivity contribution in [2.24, 2.45) is 0 Å². The number of aliphatic hydroxyl groups is 1. The number of aryl methyl sites for hydroxylation is 2. The van der Waals surface area contributed by atoms with Crippen LogP contribution in [0, 0.1) is 6.92 Å². The van der Waals surface area contributed by atoms with Gasteiger partial charge in [0.05, 0.1) is 12.3 Å². The summed E-state index contributed by atoms with van der Waals surface area (Å²) in [6, 6.07) is 1.80. The number of hydrogen-bond donors (Lipinski definition) is 1. The van der Waals surface area contributed by atoms with E-state index in [-0.39, 0.29) is 6.61 Å². The molecule has 3 nitrogen and oxygen atoms in total. The Kier molecular flexibility index (Phi) is 3.17. The second kappa shape index (κ2) is 4.16. The van der Waals surface area contributed by atoms with Crippen LogP contribution in [0.3, 0.4) is 0 Å². The Bertz CT molecular complexity index is 261. The first-order valence-electron chi connectivity index (χ1n) is 4.20. The minimum atomic E-state index is 0.0000737.